The summed E-state index contributed by atoms with van der Waals surface area (Å²) in [5.41, 5.74) is 0. The van der Waals surface area contributed by atoms with Crippen LogP contribution in [0.2, 0.25) is 5.02 Å². The highest BCUT2D eigenvalue weighted by atomic mass is 35.5. The summed E-state index contributed by atoms with van der Waals surface area (Å²) in [4.78, 5) is 2.13. The largest absolute Gasteiger partial charge is 0.491 e. The maximum Gasteiger partial charge on any atom is 0.119 e. The lowest BCUT2D eigenvalue weighted by atomic mass is 10.3. The first-order valence-electron chi connectivity index (χ1n) is 7.97. The van der Waals surface area contributed by atoms with Crippen molar-refractivity contribution in [3.05, 3.63) is 53.4 Å². The van der Waals surface area contributed by atoms with Crippen molar-refractivity contribution in [1.29, 1.82) is 0 Å². The van der Waals surface area contributed by atoms with Gasteiger partial charge in [0.25, 0.3) is 0 Å². The molecule has 1 N–H and O–H groups in total. The Hall–Kier alpha value is -1.53. The maximum absolute atomic E-state index is 10.3. The molecule has 0 spiro atoms. The summed E-state index contributed by atoms with van der Waals surface area (Å²) in [7, 11) is 1.69. The molecule has 5 nitrogen and oxygen atoms in total. The van der Waals surface area contributed by atoms with Crippen LogP contribution in [0.25, 0.3) is 0 Å². The van der Waals surface area contributed by atoms with Crippen LogP contribution < -0.4 is 4.74 Å². The number of nitrogens with zero attached hydrogens (tertiary/aromatic N) is 1. The number of aliphatic hydroxyl groups excluding tert-OH is 1. The topological polar surface area (TPSA) is 55.1 Å². The second-order valence-corrected chi connectivity index (χ2v) is 6.02. The molecule has 0 saturated heterocycles. The predicted octanol–water partition coefficient (Wildman–Crippen LogP) is 3.21. The van der Waals surface area contributed by atoms with Gasteiger partial charge in [0, 0.05) is 31.8 Å². The fraction of sp³-hybridized carbons (Fsp3) is 0.444. The van der Waals surface area contributed by atoms with E-state index in [-0.39, 0.29) is 6.61 Å². The van der Waals surface area contributed by atoms with Crippen LogP contribution in [0.3, 0.4) is 0 Å². The van der Waals surface area contributed by atoms with Crippen LogP contribution >= 0.6 is 11.6 Å². The van der Waals surface area contributed by atoms with Crippen LogP contribution in [0.1, 0.15) is 12.2 Å². The molecule has 2 aromatic rings. The summed E-state index contributed by atoms with van der Waals surface area (Å²) < 4.78 is 16.1. The number of aliphatic hydroxyl groups is 1. The molecule has 132 valence electrons. The van der Waals surface area contributed by atoms with Crippen molar-refractivity contribution >= 4 is 11.6 Å². The smallest absolute Gasteiger partial charge is 0.119 e. The van der Waals surface area contributed by atoms with Crippen LogP contribution in [-0.2, 0) is 11.3 Å². The van der Waals surface area contributed by atoms with Crippen molar-refractivity contribution in [2.24, 2.45) is 0 Å². The average Bonchev–Trinajstić information content (AvgIpc) is 3.07. The molecule has 0 saturated carbocycles. The molecule has 0 bridgehead atoms. The molecule has 1 atom stereocenters. The van der Waals surface area contributed by atoms with Gasteiger partial charge in [0.15, 0.2) is 0 Å². The fourth-order valence-electron chi connectivity index (χ4n) is 2.36. The first-order valence-corrected chi connectivity index (χ1v) is 8.35. The lowest BCUT2D eigenvalue weighted by Gasteiger charge is -2.24. The number of rotatable bonds is 11. The van der Waals surface area contributed by atoms with Gasteiger partial charge in [-0.25, -0.2) is 0 Å². The Morgan fingerprint density at radius 1 is 1.25 bits per heavy atom. The zero-order valence-electron chi connectivity index (χ0n) is 13.9. The molecule has 0 fully saturated rings. The van der Waals surface area contributed by atoms with Crippen LogP contribution in [0.15, 0.2) is 47.1 Å². The molecule has 0 unspecified atom stereocenters. The van der Waals surface area contributed by atoms with Gasteiger partial charge in [-0.15, -0.1) is 0 Å². The van der Waals surface area contributed by atoms with E-state index in [4.69, 9.17) is 25.5 Å². The van der Waals surface area contributed by atoms with Crippen molar-refractivity contribution in [3.63, 3.8) is 0 Å². The summed E-state index contributed by atoms with van der Waals surface area (Å²) in [6.07, 6.45) is 1.95. The van der Waals surface area contributed by atoms with E-state index < -0.39 is 6.10 Å². The van der Waals surface area contributed by atoms with Crippen molar-refractivity contribution in [3.8, 4) is 5.75 Å². The molecule has 1 heterocycles. The molecular formula is C18H24ClNO4. The minimum Gasteiger partial charge on any atom is -0.491 e. The van der Waals surface area contributed by atoms with Crippen LogP contribution in [-0.4, -0.2) is 49.5 Å². The molecule has 0 radical (unpaired) electrons. The van der Waals surface area contributed by atoms with E-state index in [9.17, 15) is 5.11 Å². The number of methoxy groups -OCH3 is 1. The number of hydrogen-bond acceptors (Lipinski definition) is 5. The third-order valence-corrected chi connectivity index (χ3v) is 3.76. The summed E-state index contributed by atoms with van der Waals surface area (Å²) in [5.74, 6) is 1.56. The molecule has 6 heteroatoms. The van der Waals surface area contributed by atoms with Gasteiger partial charge in [0.2, 0.25) is 0 Å². The van der Waals surface area contributed by atoms with E-state index in [1.165, 1.54) is 0 Å². The van der Waals surface area contributed by atoms with E-state index in [0.29, 0.717) is 30.5 Å². The first-order chi connectivity index (χ1) is 11.7. The monoisotopic (exact) mass is 353 g/mol. The Kier molecular flexibility index (Phi) is 8.12. The predicted molar refractivity (Wildman–Crippen MR) is 93.4 cm³/mol. The van der Waals surface area contributed by atoms with Gasteiger partial charge in [0.1, 0.15) is 24.2 Å². The van der Waals surface area contributed by atoms with E-state index in [1.54, 1.807) is 37.6 Å². The van der Waals surface area contributed by atoms with E-state index >= 15 is 0 Å². The lowest BCUT2D eigenvalue weighted by molar-refractivity contribution is 0.0594. The van der Waals surface area contributed by atoms with E-state index in [0.717, 1.165) is 18.7 Å². The minimum absolute atomic E-state index is 0.223. The highest BCUT2D eigenvalue weighted by Crippen LogP contribution is 2.16. The number of hydrogen-bond donors (Lipinski definition) is 1. The van der Waals surface area contributed by atoms with Gasteiger partial charge in [-0.05, 0) is 42.8 Å². The van der Waals surface area contributed by atoms with Crippen molar-refractivity contribution in [2.75, 3.05) is 33.4 Å². The lowest BCUT2D eigenvalue weighted by Crippen LogP contribution is -2.36. The highest BCUT2D eigenvalue weighted by molar-refractivity contribution is 6.30. The minimum atomic E-state index is -0.599. The third kappa shape index (κ3) is 6.93. The zero-order chi connectivity index (χ0) is 17.2. The maximum atomic E-state index is 10.3. The van der Waals surface area contributed by atoms with Crippen molar-refractivity contribution in [2.45, 2.75) is 19.1 Å². The molecule has 1 aromatic carbocycles. The SMILES string of the molecule is COCCCN(Cc1ccco1)C[C@@H](O)COc1ccc(Cl)cc1. The van der Waals surface area contributed by atoms with Gasteiger partial charge in [0.05, 0.1) is 12.8 Å². The van der Waals surface area contributed by atoms with E-state index in [1.807, 2.05) is 12.1 Å². The van der Waals surface area contributed by atoms with Gasteiger partial charge < -0.3 is 19.0 Å². The second kappa shape index (κ2) is 10.4. The molecule has 0 aliphatic heterocycles. The normalized spacial score (nSPS) is 12.5. The molecular weight excluding hydrogens is 330 g/mol. The standard InChI is InChI=1S/C18H24ClNO4/c1-22-10-3-9-20(13-18-4-2-11-23-18)12-16(21)14-24-17-7-5-15(19)6-8-17/h2,4-8,11,16,21H,3,9-10,12-14H2,1H3/t16-/m1/s1. The Balaban J connectivity index is 1.80. The second-order valence-electron chi connectivity index (χ2n) is 5.58. The number of benzene rings is 1. The van der Waals surface area contributed by atoms with Gasteiger partial charge in [-0.3, -0.25) is 4.90 Å². The Labute approximate surface area is 147 Å². The summed E-state index contributed by atoms with van der Waals surface area (Å²) in [5, 5.41) is 10.9. The molecule has 0 aliphatic carbocycles. The fourth-order valence-corrected chi connectivity index (χ4v) is 2.49. The van der Waals surface area contributed by atoms with Gasteiger partial charge in [-0.2, -0.15) is 0 Å². The molecule has 1 aromatic heterocycles. The number of halogens is 1. The van der Waals surface area contributed by atoms with E-state index in [2.05, 4.69) is 4.90 Å². The summed E-state index contributed by atoms with van der Waals surface area (Å²) in [6.45, 7) is 2.87. The molecule has 24 heavy (non-hydrogen) atoms. The number of ether oxygens (including phenoxy) is 2. The van der Waals surface area contributed by atoms with Crippen molar-refractivity contribution in [1.82, 2.24) is 4.90 Å². The third-order valence-electron chi connectivity index (χ3n) is 3.51. The van der Waals surface area contributed by atoms with Gasteiger partial charge >= 0.3 is 0 Å². The molecule has 0 amide bonds. The first kappa shape index (κ1) is 18.8. The summed E-state index contributed by atoms with van der Waals surface area (Å²) >= 11 is 5.84. The Morgan fingerprint density at radius 2 is 2.04 bits per heavy atom. The average molecular weight is 354 g/mol. The Bertz CT molecular complexity index is 559. The number of furan rings is 1. The molecule has 2 rings (SSSR count). The van der Waals surface area contributed by atoms with Crippen molar-refractivity contribution < 1.29 is 19.0 Å². The quantitative estimate of drug-likeness (QED) is 0.629. The Morgan fingerprint density at radius 3 is 2.71 bits per heavy atom. The molecule has 0 aliphatic rings. The zero-order valence-corrected chi connectivity index (χ0v) is 14.6. The summed E-state index contributed by atoms with van der Waals surface area (Å²) in [6, 6.07) is 10.9. The van der Waals surface area contributed by atoms with Crippen LogP contribution in [0, 0.1) is 0 Å². The highest BCUT2D eigenvalue weighted by Gasteiger charge is 2.14. The van der Waals surface area contributed by atoms with Gasteiger partial charge in [-0.1, -0.05) is 11.6 Å². The van der Waals surface area contributed by atoms with Crippen LogP contribution in [0.4, 0.5) is 0 Å². The van der Waals surface area contributed by atoms with Crippen LogP contribution in [0.5, 0.6) is 5.75 Å².